The van der Waals surface area contributed by atoms with Crippen molar-refractivity contribution in [3.8, 4) is 6.07 Å². The zero-order valence-electron chi connectivity index (χ0n) is 12.3. The van der Waals surface area contributed by atoms with E-state index in [2.05, 4.69) is 23.5 Å². The number of carbonyl (C=O) groups excluding carboxylic acids is 1. The Balaban J connectivity index is 1.64. The Morgan fingerprint density at radius 3 is 2.64 bits per heavy atom. The van der Waals surface area contributed by atoms with Crippen molar-refractivity contribution in [3.05, 3.63) is 71.3 Å². The fourth-order valence-electron chi connectivity index (χ4n) is 2.03. The summed E-state index contributed by atoms with van der Waals surface area (Å²) < 4.78 is 0. The second-order valence-corrected chi connectivity index (χ2v) is 5.88. The first-order valence-corrected chi connectivity index (χ1v) is 8.31. The van der Waals surface area contributed by atoms with Crippen LogP contribution in [0.1, 0.15) is 16.7 Å². The lowest BCUT2D eigenvalue weighted by molar-refractivity contribution is -0.118. The van der Waals surface area contributed by atoms with Crippen molar-refractivity contribution in [3.63, 3.8) is 0 Å². The average Bonchev–Trinajstić information content (AvgIpc) is 2.56. The first-order chi connectivity index (χ1) is 10.8. The highest BCUT2D eigenvalue weighted by Crippen LogP contribution is 2.13. The van der Waals surface area contributed by atoms with Crippen molar-refractivity contribution in [2.24, 2.45) is 0 Å². The predicted octanol–water partition coefficient (Wildman–Crippen LogP) is 3.15. The molecule has 0 saturated carbocycles. The summed E-state index contributed by atoms with van der Waals surface area (Å²) in [6.45, 7) is 0.660. The Morgan fingerprint density at radius 1 is 1.09 bits per heavy atom. The van der Waals surface area contributed by atoms with Crippen LogP contribution in [0.3, 0.4) is 0 Å². The van der Waals surface area contributed by atoms with Crippen molar-refractivity contribution in [2.75, 3.05) is 12.3 Å². The van der Waals surface area contributed by atoms with E-state index in [4.69, 9.17) is 5.26 Å². The molecule has 0 aromatic heterocycles. The van der Waals surface area contributed by atoms with E-state index < -0.39 is 0 Å². The first kappa shape index (κ1) is 16.1. The maximum absolute atomic E-state index is 11.8. The molecule has 2 aromatic rings. The third kappa shape index (κ3) is 5.63. The van der Waals surface area contributed by atoms with E-state index in [0.29, 0.717) is 17.9 Å². The minimum atomic E-state index is 0.0531. The average molecular weight is 310 g/mol. The molecule has 112 valence electrons. The van der Waals surface area contributed by atoms with Crippen LogP contribution in [0.4, 0.5) is 0 Å². The second-order valence-electron chi connectivity index (χ2n) is 4.89. The number of carbonyl (C=O) groups is 1. The summed E-state index contributed by atoms with van der Waals surface area (Å²) in [5.74, 6) is 1.23. The molecule has 0 unspecified atom stereocenters. The lowest BCUT2D eigenvalue weighted by atomic mass is 10.1. The smallest absolute Gasteiger partial charge is 0.230 e. The van der Waals surface area contributed by atoms with E-state index in [1.165, 1.54) is 5.56 Å². The van der Waals surface area contributed by atoms with Gasteiger partial charge in [-0.3, -0.25) is 4.79 Å². The number of nitrogens with one attached hydrogen (secondary N) is 1. The summed E-state index contributed by atoms with van der Waals surface area (Å²) in [7, 11) is 0. The van der Waals surface area contributed by atoms with Crippen LogP contribution in [0.25, 0.3) is 0 Å². The van der Waals surface area contributed by atoms with Crippen LogP contribution in [0.15, 0.2) is 54.6 Å². The zero-order chi connectivity index (χ0) is 15.6. The Labute approximate surface area is 135 Å². The van der Waals surface area contributed by atoms with Crippen LogP contribution in [0, 0.1) is 11.3 Å². The monoisotopic (exact) mass is 310 g/mol. The Morgan fingerprint density at radius 2 is 1.86 bits per heavy atom. The molecule has 1 N–H and O–H groups in total. The minimum Gasteiger partial charge on any atom is -0.355 e. The van der Waals surface area contributed by atoms with E-state index in [1.54, 1.807) is 17.8 Å². The van der Waals surface area contributed by atoms with Gasteiger partial charge in [0.2, 0.25) is 5.91 Å². The lowest BCUT2D eigenvalue weighted by Gasteiger charge is -2.06. The minimum absolute atomic E-state index is 0.0531. The van der Waals surface area contributed by atoms with Crippen LogP contribution in [-0.4, -0.2) is 18.2 Å². The van der Waals surface area contributed by atoms with Gasteiger partial charge in [0.15, 0.2) is 0 Å². The van der Waals surface area contributed by atoms with E-state index in [9.17, 15) is 4.79 Å². The standard InChI is InChI=1S/C18H18N2OS/c19-12-16-7-4-8-17(11-16)13-22-14-18(21)20-10-9-15-5-2-1-3-6-15/h1-8,11H,9-10,13-14H2,(H,20,21). The van der Waals surface area contributed by atoms with Gasteiger partial charge in [-0.05, 0) is 29.7 Å². The zero-order valence-corrected chi connectivity index (χ0v) is 13.1. The Bertz CT molecular complexity index is 650. The third-order valence-corrected chi connectivity index (χ3v) is 4.14. The van der Waals surface area contributed by atoms with Gasteiger partial charge in [0, 0.05) is 12.3 Å². The molecular formula is C18H18N2OS. The fraction of sp³-hybridized carbons (Fsp3) is 0.222. The topological polar surface area (TPSA) is 52.9 Å². The molecule has 0 atom stereocenters. The maximum Gasteiger partial charge on any atom is 0.230 e. The van der Waals surface area contributed by atoms with Crippen LogP contribution < -0.4 is 5.32 Å². The Hall–Kier alpha value is -2.25. The lowest BCUT2D eigenvalue weighted by Crippen LogP contribution is -2.27. The molecule has 0 heterocycles. The van der Waals surface area contributed by atoms with Crippen molar-refractivity contribution in [1.82, 2.24) is 5.32 Å². The highest BCUT2D eigenvalue weighted by Gasteiger charge is 2.02. The Kier molecular flexibility index (Phi) is 6.53. The number of nitriles is 1. The van der Waals surface area contributed by atoms with E-state index in [0.717, 1.165) is 17.7 Å². The van der Waals surface area contributed by atoms with Crippen molar-refractivity contribution < 1.29 is 4.79 Å². The highest BCUT2D eigenvalue weighted by atomic mass is 32.2. The molecule has 0 spiro atoms. The number of nitrogens with zero attached hydrogens (tertiary/aromatic N) is 1. The van der Waals surface area contributed by atoms with E-state index >= 15 is 0 Å². The predicted molar refractivity (Wildman–Crippen MR) is 90.5 cm³/mol. The summed E-state index contributed by atoms with van der Waals surface area (Å²) in [5.41, 5.74) is 2.95. The molecule has 0 fully saturated rings. The summed E-state index contributed by atoms with van der Waals surface area (Å²) in [6, 6.07) is 19.7. The molecule has 3 nitrogen and oxygen atoms in total. The van der Waals surface area contributed by atoms with Gasteiger partial charge in [0.05, 0.1) is 17.4 Å². The molecule has 0 aliphatic carbocycles. The largest absolute Gasteiger partial charge is 0.355 e. The normalized spacial score (nSPS) is 9.95. The molecular weight excluding hydrogens is 292 g/mol. The van der Waals surface area contributed by atoms with Gasteiger partial charge < -0.3 is 5.32 Å². The van der Waals surface area contributed by atoms with Gasteiger partial charge in [0.1, 0.15) is 0 Å². The highest BCUT2D eigenvalue weighted by molar-refractivity contribution is 7.99. The number of amides is 1. The molecule has 2 rings (SSSR count). The molecule has 0 saturated heterocycles. The van der Waals surface area contributed by atoms with Crippen LogP contribution in [0.5, 0.6) is 0 Å². The molecule has 0 aliphatic heterocycles. The fourth-order valence-corrected chi connectivity index (χ4v) is 2.84. The van der Waals surface area contributed by atoms with Gasteiger partial charge in [-0.15, -0.1) is 11.8 Å². The maximum atomic E-state index is 11.8. The van der Waals surface area contributed by atoms with E-state index in [-0.39, 0.29) is 5.91 Å². The number of hydrogen-bond acceptors (Lipinski definition) is 3. The molecule has 4 heteroatoms. The van der Waals surface area contributed by atoms with Gasteiger partial charge in [-0.1, -0.05) is 42.5 Å². The summed E-state index contributed by atoms with van der Waals surface area (Å²) in [6.07, 6.45) is 0.849. The number of thioether (sulfide) groups is 1. The van der Waals surface area contributed by atoms with E-state index in [1.807, 2.05) is 36.4 Å². The summed E-state index contributed by atoms with van der Waals surface area (Å²) in [5, 5.41) is 11.8. The van der Waals surface area contributed by atoms with Gasteiger partial charge in [-0.25, -0.2) is 0 Å². The van der Waals surface area contributed by atoms with Gasteiger partial charge >= 0.3 is 0 Å². The van der Waals surface area contributed by atoms with Crippen molar-refractivity contribution >= 4 is 17.7 Å². The van der Waals surface area contributed by atoms with Gasteiger partial charge in [-0.2, -0.15) is 5.26 Å². The van der Waals surface area contributed by atoms with Crippen LogP contribution in [0.2, 0.25) is 0 Å². The van der Waals surface area contributed by atoms with Crippen molar-refractivity contribution in [1.29, 1.82) is 5.26 Å². The quantitative estimate of drug-likeness (QED) is 0.854. The molecule has 0 aliphatic rings. The molecule has 0 bridgehead atoms. The molecule has 0 radical (unpaired) electrons. The summed E-state index contributed by atoms with van der Waals surface area (Å²) in [4.78, 5) is 11.8. The first-order valence-electron chi connectivity index (χ1n) is 7.15. The number of rotatable bonds is 7. The molecule has 2 aromatic carbocycles. The number of benzene rings is 2. The third-order valence-electron chi connectivity index (χ3n) is 3.14. The van der Waals surface area contributed by atoms with Gasteiger partial charge in [0.25, 0.3) is 0 Å². The summed E-state index contributed by atoms with van der Waals surface area (Å²) >= 11 is 1.56. The number of hydrogen-bond donors (Lipinski definition) is 1. The van der Waals surface area contributed by atoms with Crippen LogP contribution >= 0.6 is 11.8 Å². The molecule has 22 heavy (non-hydrogen) atoms. The molecule has 1 amide bonds. The SMILES string of the molecule is N#Cc1cccc(CSCC(=O)NCCc2ccccc2)c1. The van der Waals surface area contributed by atoms with Crippen molar-refractivity contribution in [2.45, 2.75) is 12.2 Å². The second kappa shape index (κ2) is 8.91. The van der Waals surface area contributed by atoms with Crippen LogP contribution in [-0.2, 0) is 17.0 Å².